The van der Waals surface area contributed by atoms with Gasteiger partial charge >= 0.3 is 0 Å². The standard InChI is InChI=1S/C28H26F5NO5S/c1-14-19(13-40-11-10-35)38-28(39-26(14)16-4-2-15(12-36)3-5-16)17-6-8-18(9-7-17)34-27(37)20-21(29)23(31)25(33)24(32)22(20)30/h2-9,14,19,26,28,35-36H,10-13H2,1H3,(H,34,37). The monoisotopic (exact) mass is 583 g/mol. The second kappa shape index (κ2) is 13.1. The van der Waals surface area contributed by atoms with E-state index in [0.717, 1.165) is 11.1 Å². The van der Waals surface area contributed by atoms with Gasteiger partial charge in [-0.1, -0.05) is 43.3 Å². The minimum absolute atomic E-state index is 0.0237. The molecule has 4 unspecified atom stereocenters. The molecular weight excluding hydrogens is 557 g/mol. The van der Waals surface area contributed by atoms with E-state index in [1.807, 2.05) is 19.1 Å². The first-order valence-electron chi connectivity index (χ1n) is 12.3. The van der Waals surface area contributed by atoms with Gasteiger partial charge in [-0.05, 0) is 23.3 Å². The highest BCUT2D eigenvalue weighted by Gasteiger charge is 2.38. The van der Waals surface area contributed by atoms with Crippen LogP contribution in [0.15, 0.2) is 48.5 Å². The highest BCUT2D eigenvalue weighted by Crippen LogP contribution is 2.42. The number of aliphatic hydroxyl groups excluding tert-OH is 2. The smallest absolute Gasteiger partial charge is 0.261 e. The summed E-state index contributed by atoms with van der Waals surface area (Å²) < 4.78 is 80.9. The molecule has 4 atom stereocenters. The first kappa shape index (κ1) is 29.9. The number of thioether (sulfide) groups is 1. The summed E-state index contributed by atoms with van der Waals surface area (Å²) in [5, 5.41) is 20.7. The molecule has 1 heterocycles. The Morgan fingerprint density at radius 2 is 1.43 bits per heavy atom. The van der Waals surface area contributed by atoms with E-state index >= 15 is 0 Å². The van der Waals surface area contributed by atoms with Gasteiger partial charge in [-0.2, -0.15) is 11.8 Å². The Morgan fingerprint density at radius 1 is 0.850 bits per heavy atom. The summed E-state index contributed by atoms with van der Waals surface area (Å²) in [4.78, 5) is 12.4. The Morgan fingerprint density at radius 3 is 2.00 bits per heavy atom. The van der Waals surface area contributed by atoms with Crippen molar-refractivity contribution < 1.29 is 46.4 Å². The first-order chi connectivity index (χ1) is 19.2. The zero-order valence-electron chi connectivity index (χ0n) is 21.2. The van der Waals surface area contributed by atoms with Crippen molar-refractivity contribution in [2.24, 2.45) is 5.92 Å². The molecule has 3 N–H and O–H groups in total. The molecule has 40 heavy (non-hydrogen) atoms. The van der Waals surface area contributed by atoms with Crippen LogP contribution in [-0.4, -0.2) is 40.3 Å². The van der Waals surface area contributed by atoms with Gasteiger partial charge in [0.15, 0.2) is 29.6 Å². The number of hydrogen-bond acceptors (Lipinski definition) is 6. The van der Waals surface area contributed by atoms with Crippen molar-refractivity contribution in [3.8, 4) is 0 Å². The van der Waals surface area contributed by atoms with E-state index in [2.05, 4.69) is 5.32 Å². The number of aliphatic hydroxyl groups is 2. The molecule has 214 valence electrons. The van der Waals surface area contributed by atoms with Crippen LogP contribution in [0.2, 0.25) is 0 Å². The lowest BCUT2D eigenvalue weighted by Gasteiger charge is -2.41. The van der Waals surface area contributed by atoms with Crippen LogP contribution in [0, 0.1) is 35.0 Å². The van der Waals surface area contributed by atoms with Gasteiger partial charge in [0.25, 0.3) is 5.91 Å². The van der Waals surface area contributed by atoms with Crippen LogP contribution in [-0.2, 0) is 16.1 Å². The van der Waals surface area contributed by atoms with Crippen molar-refractivity contribution in [3.05, 3.63) is 99.9 Å². The Kier molecular flexibility index (Phi) is 9.80. The number of carbonyl (C=O) groups excluding carboxylic acids is 1. The summed E-state index contributed by atoms with van der Waals surface area (Å²) in [5.41, 5.74) is 0.621. The van der Waals surface area contributed by atoms with Crippen LogP contribution >= 0.6 is 11.8 Å². The Balaban J connectivity index is 1.54. The van der Waals surface area contributed by atoms with E-state index in [1.54, 1.807) is 24.3 Å². The van der Waals surface area contributed by atoms with Gasteiger partial charge in [-0.15, -0.1) is 0 Å². The number of benzene rings is 3. The zero-order valence-corrected chi connectivity index (χ0v) is 22.0. The minimum atomic E-state index is -2.35. The van der Waals surface area contributed by atoms with Gasteiger partial charge in [0.2, 0.25) is 5.82 Å². The van der Waals surface area contributed by atoms with Gasteiger partial charge in [-0.3, -0.25) is 4.79 Å². The summed E-state index contributed by atoms with van der Waals surface area (Å²) in [6.07, 6.45) is -1.47. The molecule has 1 saturated heterocycles. The van der Waals surface area contributed by atoms with Crippen LogP contribution < -0.4 is 5.32 Å². The molecule has 1 aliphatic rings. The normalized spacial score (nSPS) is 20.9. The average molecular weight is 584 g/mol. The molecular formula is C28H26F5NO5S. The summed E-state index contributed by atoms with van der Waals surface area (Å²) >= 11 is 1.53. The topological polar surface area (TPSA) is 88.0 Å². The summed E-state index contributed by atoms with van der Waals surface area (Å²) in [7, 11) is 0. The van der Waals surface area contributed by atoms with Gasteiger partial charge in [0.05, 0.1) is 25.4 Å². The molecule has 0 saturated carbocycles. The van der Waals surface area contributed by atoms with E-state index in [-0.39, 0.29) is 37.0 Å². The van der Waals surface area contributed by atoms with Crippen molar-refractivity contribution in [2.75, 3.05) is 23.4 Å². The fourth-order valence-electron chi connectivity index (χ4n) is 4.30. The van der Waals surface area contributed by atoms with Gasteiger partial charge in [0.1, 0.15) is 5.56 Å². The van der Waals surface area contributed by atoms with Crippen LogP contribution in [0.25, 0.3) is 0 Å². The van der Waals surface area contributed by atoms with Crippen LogP contribution in [0.3, 0.4) is 0 Å². The van der Waals surface area contributed by atoms with Crippen molar-refractivity contribution in [2.45, 2.75) is 32.0 Å². The van der Waals surface area contributed by atoms with Crippen molar-refractivity contribution >= 4 is 23.4 Å². The van der Waals surface area contributed by atoms with Crippen LogP contribution in [0.1, 0.15) is 46.4 Å². The second-order valence-corrected chi connectivity index (χ2v) is 10.3. The maximum absolute atomic E-state index is 14.0. The summed E-state index contributed by atoms with van der Waals surface area (Å²) in [6.45, 7) is 1.92. The zero-order chi connectivity index (χ0) is 29.0. The largest absolute Gasteiger partial charge is 0.396 e. The minimum Gasteiger partial charge on any atom is -0.396 e. The third-order valence-corrected chi connectivity index (χ3v) is 7.55. The third kappa shape index (κ3) is 6.31. The molecule has 0 bridgehead atoms. The Hall–Kier alpha value is -3.03. The molecule has 12 heteroatoms. The summed E-state index contributed by atoms with van der Waals surface area (Å²) in [6, 6.07) is 13.2. The molecule has 0 spiro atoms. The lowest BCUT2D eigenvalue weighted by Crippen LogP contribution is -2.38. The lowest BCUT2D eigenvalue weighted by molar-refractivity contribution is -0.268. The molecule has 3 aromatic carbocycles. The van der Waals surface area contributed by atoms with E-state index < -0.39 is 46.8 Å². The number of amides is 1. The first-order valence-corrected chi connectivity index (χ1v) is 13.4. The third-order valence-electron chi connectivity index (χ3n) is 6.52. The summed E-state index contributed by atoms with van der Waals surface area (Å²) in [5.74, 6) is -11.7. The van der Waals surface area contributed by atoms with Gasteiger partial charge in [-0.25, -0.2) is 22.0 Å². The predicted octanol–water partition coefficient (Wildman–Crippen LogP) is 5.64. The van der Waals surface area contributed by atoms with Crippen molar-refractivity contribution in [1.82, 2.24) is 0 Å². The van der Waals surface area contributed by atoms with E-state index in [4.69, 9.17) is 14.6 Å². The molecule has 0 radical (unpaired) electrons. The number of ether oxygens (including phenoxy) is 2. The van der Waals surface area contributed by atoms with Crippen molar-refractivity contribution in [3.63, 3.8) is 0 Å². The van der Waals surface area contributed by atoms with Crippen molar-refractivity contribution in [1.29, 1.82) is 0 Å². The number of nitrogens with one attached hydrogen (secondary N) is 1. The molecule has 6 nitrogen and oxygen atoms in total. The average Bonchev–Trinajstić information content (AvgIpc) is 2.96. The molecule has 1 aliphatic heterocycles. The predicted molar refractivity (Wildman–Crippen MR) is 138 cm³/mol. The Bertz CT molecular complexity index is 1310. The van der Waals surface area contributed by atoms with E-state index in [0.29, 0.717) is 17.1 Å². The fraction of sp³-hybridized carbons (Fsp3) is 0.321. The van der Waals surface area contributed by atoms with E-state index in [1.165, 1.54) is 23.9 Å². The SMILES string of the molecule is CC1C(CSCCO)OC(c2ccc(NC(=O)c3c(F)c(F)c(F)c(F)c3F)cc2)OC1c1ccc(CO)cc1. The number of anilines is 1. The Labute approximate surface area is 231 Å². The highest BCUT2D eigenvalue weighted by molar-refractivity contribution is 7.99. The maximum atomic E-state index is 14.0. The maximum Gasteiger partial charge on any atom is 0.261 e. The van der Waals surface area contributed by atoms with Gasteiger partial charge < -0.3 is 25.0 Å². The molecule has 0 aromatic heterocycles. The highest BCUT2D eigenvalue weighted by atomic mass is 32.2. The second-order valence-electron chi connectivity index (χ2n) is 9.14. The number of carbonyl (C=O) groups is 1. The molecule has 1 amide bonds. The number of hydrogen-bond donors (Lipinski definition) is 3. The molecule has 3 aromatic rings. The fourth-order valence-corrected chi connectivity index (χ4v) is 5.21. The van der Waals surface area contributed by atoms with E-state index in [9.17, 15) is 31.9 Å². The molecule has 4 rings (SSSR count). The molecule has 0 aliphatic carbocycles. The quantitative estimate of drug-likeness (QED) is 0.131. The van der Waals surface area contributed by atoms with Crippen LogP contribution in [0.4, 0.5) is 27.6 Å². The number of rotatable bonds is 9. The van der Waals surface area contributed by atoms with Crippen LogP contribution in [0.5, 0.6) is 0 Å². The van der Waals surface area contributed by atoms with Gasteiger partial charge in [0, 0.05) is 28.7 Å². The molecule has 1 fully saturated rings. The lowest BCUT2D eigenvalue weighted by atomic mass is 9.91. The number of halogens is 5.